The molecule has 1 aromatic rings. The first-order chi connectivity index (χ1) is 9.29. The smallest absolute Gasteiger partial charge is 0.125 e. The van der Waals surface area contributed by atoms with Crippen LogP contribution < -0.4 is 4.74 Å². The molecule has 0 radical (unpaired) electrons. The summed E-state index contributed by atoms with van der Waals surface area (Å²) in [6, 6.07) is 4.48. The van der Waals surface area contributed by atoms with Gasteiger partial charge in [0.05, 0.1) is 7.11 Å². The maximum Gasteiger partial charge on any atom is 0.125 e. The van der Waals surface area contributed by atoms with E-state index in [4.69, 9.17) is 4.74 Å². The van der Waals surface area contributed by atoms with E-state index in [1.54, 1.807) is 7.11 Å². The first kappa shape index (κ1) is 16.6. The largest absolute Gasteiger partial charge is 0.496 e. The molecule has 0 aliphatic carbocycles. The zero-order valence-electron chi connectivity index (χ0n) is 14.1. The molecule has 0 aliphatic rings. The minimum atomic E-state index is 0.0877. The number of aryl methyl sites for hydroxylation is 1. The Hall–Kier alpha value is -1.42. The Bertz CT molecular complexity index is 509. The van der Waals surface area contributed by atoms with Crippen LogP contribution in [0.3, 0.4) is 0 Å². The Labute approximate surface area is 124 Å². The molecule has 0 amide bonds. The summed E-state index contributed by atoms with van der Waals surface area (Å²) in [4.78, 5) is 0. The highest BCUT2D eigenvalue weighted by atomic mass is 16.5. The monoisotopic (exact) mass is 272 g/mol. The number of hydrogen-bond donors (Lipinski definition) is 0. The molecule has 1 heteroatoms. The maximum absolute atomic E-state index is 5.72. The van der Waals surface area contributed by atoms with Crippen LogP contribution in [0, 0.1) is 24.7 Å². The highest BCUT2D eigenvalue weighted by molar-refractivity contribution is 5.48. The number of methoxy groups -OCH3 is 1. The second-order valence-electron chi connectivity index (χ2n) is 6.53. The standard InChI is InChI=1S/C19H28O/c1-8-9-10-14(2)11-16-12-15(3)13-17(18(16)20-7)19(4,5)6/h12-14H,8,11H2,1-7H3. The van der Waals surface area contributed by atoms with Gasteiger partial charge in [-0.2, -0.15) is 0 Å². The molecule has 0 N–H and O–H groups in total. The van der Waals surface area contributed by atoms with Crippen LogP contribution in [0.15, 0.2) is 12.1 Å². The maximum atomic E-state index is 5.72. The van der Waals surface area contributed by atoms with Crippen molar-refractivity contribution >= 4 is 0 Å². The molecule has 110 valence electrons. The van der Waals surface area contributed by atoms with E-state index in [-0.39, 0.29) is 5.41 Å². The summed E-state index contributed by atoms with van der Waals surface area (Å²) in [6.07, 6.45) is 1.86. The van der Waals surface area contributed by atoms with Gasteiger partial charge in [0.1, 0.15) is 5.75 Å². The van der Waals surface area contributed by atoms with Crippen molar-refractivity contribution in [3.05, 3.63) is 28.8 Å². The Morgan fingerprint density at radius 1 is 1.25 bits per heavy atom. The van der Waals surface area contributed by atoms with Crippen LogP contribution in [0.1, 0.15) is 57.7 Å². The third-order valence-corrected chi connectivity index (χ3v) is 3.37. The molecule has 1 rings (SSSR count). The molecule has 0 aliphatic heterocycles. The van der Waals surface area contributed by atoms with Gasteiger partial charge in [0, 0.05) is 17.9 Å². The first-order valence-corrected chi connectivity index (χ1v) is 7.46. The fraction of sp³-hybridized carbons (Fsp3) is 0.579. The summed E-state index contributed by atoms with van der Waals surface area (Å²) in [5.41, 5.74) is 3.94. The molecule has 20 heavy (non-hydrogen) atoms. The van der Waals surface area contributed by atoms with Gasteiger partial charge in [-0.25, -0.2) is 0 Å². The molecule has 0 saturated heterocycles. The minimum absolute atomic E-state index is 0.0877. The van der Waals surface area contributed by atoms with Crippen LogP contribution in [-0.4, -0.2) is 7.11 Å². The van der Waals surface area contributed by atoms with Gasteiger partial charge in [0.15, 0.2) is 0 Å². The molecule has 0 aromatic heterocycles. The summed E-state index contributed by atoms with van der Waals surface area (Å²) in [5.74, 6) is 7.87. The van der Waals surface area contributed by atoms with Crippen LogP contribution in [0.25, 0.3) is 0 Å². The number of hydrogen-bond acceptors (Lipinski definition) is 1. The van der Waals surface area contributed by atoms with E-state index in [9.17, 15) is 0 Å². The summed E-state index contributed by atoms with van der Waals surface area (Å²) < 4.78 is 5.72. The molecule has 1 atom stereocenters. The summed E-state index contributed by atoms with van der Waals surface area (Å²) >= 11 is 0. The molecule has 1 aromatic carbocycles. The van der Waals surface area contributed by atoms with Crippen LogP contribution in [0.4, 0.5) is 0 Å². The highest BCUT2D eigenvalue weighted by Gasteiger charge is 2.22. The van der Waals surface area contributed by atoms with Gasteiger partial charge in [0.2, 0.25) is 0 Å². The lowest BCUT2D eigenvalue weighted by Crippen LogP contribution is -2.15. The van der Waals surface area contributed by atoms with Gasteiger partial charge in [-0.1, -0.05) is 58.2 Å². The minimum Gasteiger partial charge on any atom is -0.496 e. The predicted molar refractivity (Wildman–Crippen MR) is 87.4 cm³/mol. The van der Waals surface area contributed by atoms with E-state index in [1.807, 2.05) is 0 Å². The van der Waals surface area contributed by atoms with Crippen LogP contribution in [0.5, 0.6) is 5.75 Å². The van der Waals surface area contributed by atoms with E-state index in [0.29, 0.717) is 5.92 Å². The molecule has 0 heterocycles. The van der Waals surface area contributed by atoms with E-state index >= 15 is 0 Å². The van der Waals surface area contributed by atoms with Crippen molar-refractivity contribution in [3.63, 3.8) is 0 Å². The van der Waals surface area contributed by atoms with E-state index in [0.717, 1.165) is 18.6 Å². The van der Waals surface area contributed by atoms with Crippen molar-refractivity contribution in [1.82, 2.24) is 0 Å². The lowest BCUT2D eigenvalue weighted by molar-refractivity contribution is 0.391. The zero-order valence-corrected chi connectivity index (χ0v) is 14.1. The predicted octanol–water partition coefficient (Wildman–Crippen LogP) is 4.89. The number of ether oxygens (including phenoxy) is 1. The van der Waals surface area contributed by atoms with Crippen molar-refractivity contribution in [2.24, 2.45) is 5.92 Å². The third kappa shape index (κ3) is 4.30. The molecule has 0 fully saturated rings. The quantitative estimate of drug-likeness (QED) is 0.712. The van der Waals surface area contributed by atoms with Crippen molar-refractivity contribution in [3.8, 4) is 17.6 Å². The summed E-state index contributed by atoms with van der Waals surface area (Å²) in [7, 11) is 1.77. The van der Waals surface area contributed by atoms with Gasteiger partial charge in [-0.3, -0.25) is 0 Å². The van der Waals surface area contributed by atoms with Crippen molar-refractivity contribution in [1.29, 1.82) is 0 Å². The summed E-state index contributed by atoms with van der Waals surface area (Å²) in [5, 5.41) is 0. The Kier molecular flexibility index (Phi) is 5.69. The molecule has 0 bridgehead atoms. The molecule has 0 spiro atoms. The van der Waals surface area contributed by atoms with Crippen molar-refractivity contribution in [2.45, 2.75) is 59.8 Å². The van der Waals surface area contributed by atoms with Gasteiger partial charge in [-0.15, -0.1) is 5.92 Å². The fourth-order valence-electron chi connectivity index (χ4n) is 2.46. The van der Waals surface area contributed by atoms with Crippen LogP contribution >= 0.6 is 0 Å². The third-order valence-electron chi connectivity index (χ3n) is 3.37. The molecule has 0 saturated carbocycles. The highest BCUT2D eigenvalue weighted by Crippen LogP contribution is 2.36. The first-order valence-electron chi connectivity index (χ1n) is 7.46. The number of rotatable bonds is 3. The molecule has 1 unspecified atom stereocenters. The normalized spacial score (nSPS) is 12.6. The van der Waals surface area contributed by atoms with Gasteiger partial charge < -0.3 is 4.74 Å². The van der Waals surface area contributed by atoms with E-state index < -0.39 is 0 Å². The zero-order chi connectivity index (χ0) is 15.3. The van der Waals surface area contributed by atoms with Crippen LogP contribution in [0.2, 0.25) is 0 Å². The van der Waals surface area contributed by atoms with E-state index in [1.165, 1.54) is 16.7 Å². The summed E-state index contributed by atoms with van der Waals surface area (Å²) in [6.45, 7) is 13.1. The second-order valence-corrected chi connectivity index (χ2v) is 6.53. The lowest BCUT2D eigenvalue weighted by atomic mass is 9.83. The van der Waals surface area contributed by atoms with Gasteiger partial charge >= 0.3 is 0 Å². The average Bonchev–Trinajstić information content (AvgIpc) is 2.34. The lowest BCUT2D eigenvalue weighted by Gasteiger charge is -2.25. The van der Waals surface area contributed by atoms with Gasteiger partial charge in [-0.05, 0) is 24.3 Å². The SMILES string of the molecule is CCC#CC(C)Cc1cc(C)cc(C(C)(C)C)c1OC. The molecular formula is C19H28O. The van der Waals surface area contributed by atoms with Crippen molar-refractivity contribution < 1.29 is 4.74 Å². The fourth-order valence-corrected chi connectivity index (χ4v) is 2.46. The molecular weight excluding hydrogens is 244 g/mol. The second kappa shape index (κ2) is 6.84. The van der Waals surface area contributed by atoms with Crippen molar-refractivity contribution in [2.75, 3.05) is 7.11 Å². The van der Waals surface area contributed by atoms with E-state index in [2.05, 4.69) is 65.5 Å². The Morgan fingerprint density at radius 2 is 1.90 bits per heavy atom. The van der Waals surface area contributed by atoms with Gasteiger partial charge in [0.25, 0.3) is 0 Å². The Balaban J connectivity index is 3.22. The Morgan fingerprint density at radius 3 is 2.40 bits per heavy atom. The molecule has 1 nitrogen and oxygen atoms in total. The number of benzene rings is 1. The topological polar surface area (TPSA) is 9.23 Å². The average molecular weight is 272 g/mol. The van der Waals surface area contributed by atoms with Crippen LogP contribution in [-0.2, 0) is 11.8 Å².